The van der Waals surface area contributed by atoms with Crippen LogP contribution in [-0.2, 0) is 6.18 Å². The Morgan fingerprint density at radius 2 is 1.84 bits per heavy atom. The molecule has 0 N–H and O–H groups in total. The van der Waals surface area contributed by atoms with Crippen LogP contribution in [0.25, 0.3) is 11.1 Å². The van der Waals surface area contributed by atoms with E-state index in [1.807, 2.05) is 0 Å². The largest absolute Gasteiger partial charge is 0.496 e. The van der Waals surface area contributed by atoms with Gasteiger partial charge in [0.25, 0.3) is 0 Å². The number of methoxy groups -OCH3 is 1. The highest BCUT2D eigenvalue weighted by molar-refractivity contribution is 5.73. The predicted molar refractivity (Wildman–Crippen MR) is 67.0 cm³/mol. The zero-order chi connectivity index (χ0) is 14.0. The van der Waals surface area contributed by atoms with Crippen LogP contribution in [0.1, 0.15) is 11.1 Å². The van der Waals surface area contributed by atoms with Crippen molar-refractivity contribution in [3.05, 3.63) is 53.6 Å². The van der Waals surface area contributed by atoms with Crippen LogP contribution in [0.2, 0.25) is 0 Å². The van der Waals surface area contributed by atoms with E-state index < -0.39 is 11.7 Å². The molecule has 0 bridgehead atoms. The number of ether oxygens (including phenoxy) is 1. The molecule has 0 aliphatic carbocycles. The fraction of sp³-hybridized carbons (Fsp3) is 0.200. The summed E-state index contributed by atoms with van der Waals surface area (Å²) in [6, 6.07) is 11.6. The van der Waals surface area contributed by atoms with Gasteiger partial charge in [0.05, 0.1) is 12.7 Å². The van der Waals surface area contributed by atoms with Gasteiger partial charge in [-0.2, -0.15) is 13.2 Å². The summed E-state index contributed by atoms with van der Waals surface area (Å²) in [5.74, 6) is 0.413. The summed E-state index contributed by atoms with van der Waals surface area (Å²) in [6.07, 6.45) is -4.37. The topological polar surface area (TPSA) is 9.23 Å². The molecule has 0 atom stereocenters. The van der Waals surface area contributed by atoms with Crippen LogP contribution in [-0.4, -0.2) is 7.11 Å². The van der Waals surface area contributed by atoms with Gasteiger partial charge in [0.1, 0.15) is 5.75 Å². The standard InChI is InChI=1S/C15H12F3O/c1-10-5-3-4-6-12(10)13-9-11(15(16,17)18)7-8-14(13)19-2/h3-4,6-9H,1-2H3. The van der Waals surface area contributed by atoms with Crippen molar-refractivity contribution in [1.82, 2.24) is 0 Å². The molecule has 4 heteroatoms. The first-order valence-corrected chi connectivity index (χ1v) is 5.66. The fourth-order valence-corrected chi connectivity index (χ4v) is 1.91. The van der Waals surface area contributed by atoms with Gasteiger partial charge in [0, 0.05) is 5.56 Å². The molecule has 0 unspecified atom stereocenters. The summed E-state index contributed by atoms with van der Waals surface area (Å²) in [4.78, 5) is 0. The minimum absolute atomic E-state index is 0.413. The SMILES string of the molecule is COc1ccc(C(F)(F)F)cc1-c1ccc[c]c1C. The molecule has 1 nitrogen and oxygen atoms in total. The smallest absolute Gasteiger partial charge is 0.416 e. The Balaban J connectivity index is 2.64. The highest BCUT2D eigenvalue weighted by atomic mass is 19.4. The Morgan fingerprint density at radius 1 is 1.11 bits per heavy atom. The zero-order valence-corrected chi connectivity index (χ0v) is 10.5. The van der Waals surface area contributed by atoms with E-state index in [2.05, 4.69) is 6.07 Å². The number of hydrogen-bond donors (Lipinski definition) is 0. The molecule has 19 heavy (non-hydrogen) atoms. The van der Waals surface area contributed by atoms with Crippen molar-refractivity contribution in [3.8, 4) is 16.9 Å². The van der Waals surface area contributed by atoms with E-state index in [0.29, 0.717) is 16.9 Å². The Labute approximate surface area is 109 Å². The summed E-state index contributed by atoms with van der Waals surface area (Å²) in [5.41, 5.74) is 1.20. The highest BCUT2D eigenvalue weighted by Crippen LogP contribution is 2.37. The molecule has 2 aromatic carbocycles. The minimum Gasteiger partial charge on any atom is -0.496 e. The van der Waals surface area contributed by atoms with Gasteiger partial charge >= 0.3 is 6.18 Å². The molecule has 0 aromatic heterocycles. The van der Waals surface area contributed by atoms with Crippen LogP contribution < -0.4 is 4.74 Å². The average Bonchev–Trinajstić information content (AvgIpc) is 2.37. The van der Waals surface area contributed by atoms with Crippen LogP contribution in [0, 0.1) is 13.0 Å². The molecule has 0 amide bonds. The molecule has 0 fully saturated rings. The second kappa shape index (κ2) is 4.96. The molecular weight excluding hydrogens is 253 g/mol. The van der Waals surface area contributed by atoms with Crippen molar-refractivity contribution in [3.63, 3.8) is 0 Å². The molecule has 0 saturated carbocycles. The maximum absolute atomic E-state index is 12.8. The maximum atomic E-state index is 12.8. The first kappa shape index (κ1) is 13.5. The predicted octanol–water partition coefficient (Wildman–Crippen LogP) is 4.49. The summed E-state index contributed by atoms with van der Waals surface area (Å²) in [7, 11) is 1.44. The molecule has 0 saturated heterocycles. The molecule has 2 aromatic rings. The Bertz CT molecular complexity index is 588. The third-order valence-corrected chi connectivity index (χ3v) is 2.88. The van der Waals surface area contributed by atoms with E-state index in [4.69, 9.17) is 4.74 Å². The quantitative estimate of drug-likeness (QED) is 0.777. The summed E-state index contributed by atoms with van der Waals surface area (Å²) < 4.78 is 43.5. The van der Waals surface area contributed by atoms with E-state index in [-0.39, 0.29) is 0 Å². The molecular formula is C15H12F3O. The maximum Gasteiger partial charge on any atom is 0.416 e. The molecule has 99 valence electrons. The van der Waals surface area contributed by atoms with Crippen molar-refractivity contribution in [2.24, 2.45) is 0 Å². The van der Waals surface area contributed by atoms with Gasteiger partial charge in [-0.3, -0.25) is 0 Å². The van der Waals surface area contributed by atoms with Crippen molar-refractivity contribution in [2.75, 3.05) is 7.11 Å². The van der Waals surface area contributed by atoms with Gasteiger partial charge in [0.15, 0.2) is 0 Å². The lowest BCUT2D eigenvalue weighted by Gasteiger charge is -2.14. The Hall–Kier alpha value is -1.97. The normalized spacial score (nSPS) is 11.4. The van der Waals surface area contributed by atoms with Gasteiger partial charge in [-0.25, -0.2) is 0 Å². The lowest BCUT2D eigenvalue weighted by molar-refractivity contribution is -0.137. The molecule has 0 heterocycles. The molecule has 1 radical (unpaired) electrons. The average molecular weight is 265 g/mol. The van der Waals surface area contributed by atoms with Gasteiger partial charge in [0.2, 0.25) is 0 Å². The summed E-state index contributed by atoms with van der Waals surface area (Å²) in [5, 5.41) is 0. The first-order chi connectivity index (χ1) is 8.93. The zero-order valence-electron chi connectivity index (χ0n) is 10.5. The van der Waals surface area contributed by atoms with Gasteiger partial charge in [-0.1, -0.05) is 18.2 Å². The fourth-order valence-electron chi connectivity index (χ4n) is 1.91. The van der Waals surface area contributed by atoms with Crippen molar-refractivity contribution in [2.45, 2.75) is 13.1 Å². The van der Waals surface area contributed by atoms with Crippen LogP contribution >= 0.6 is 0 Å². The third-order valence-electron chi connectivity index (χ3n) is 2.88. The first-order valence-electron chi connectivity index (χ1n) is 5.66. The number of rotatable bonds is 2. The Kier molecular flexibility index (Phi) is 3.51. The van der Waals surface area contributed by atoms with Crippen LogP contribution in [0.4, 0.5) is 13.2 Å². The number of alkyl halides is 3. The van der Waals surface area contributed by atoms with Crippen LogP contribution in [0.5, 0.6) is 5.75 Å². The van der Waals surface area contributed by atoms with Gasteiger partial charge in [-0.05, 0) is 42.3 Å². The Morgan fingerprint density at radius 3 is 2.42 bits per heavy atom. The highest BCUT2D eigenvalue weighted by Gasteiger charge is 2.31. The molecule has 0 aliphatic rings. The second-order valence-electron chi connectivity index (χ2n) is 4.12. The lowest BCUT2D eigenvalue weighted by atomic mass is 9.98. The number of hydrogen-bond acceptors (Lipinski definition) is 1. The lowest BCUT2D eigenvalue weighted by Crippen LogP contribution is -2.05. The molecule has 0 aliphatic heterocycles. The monoisotopic (exact) mass is 265 g/mol. The van der Waals surface area contributed by atoms with Crippen molar-refractivity contribution < 1.29 is 17.9 Å². The number of benzene rings is 2. The van der Waals surface area contributed by atoms with Crippen molar-refractivity contribution >= 4 is 0 Å². The minimum atomic E-state index is -4.37. The van der Waals surface area contributed by atoms with Crippen molar-refractivity contribution in [1.29, 1.82) is 0 Å². The van der Waals surface area contributed by atoms with E-state index in [1.165, 1.54) is 13.2 Å². The second-order valence-corrected chi connectivity index (χ2v) is 4.12. The number of aryl methyl sites for hydroxylation is 1. The van der Waals surface area contributed by atoms with E-state index >= 15 is 0 Å². The van der Waals surface area contributed by atoms with E-state index in [0.717, 1.165) is 17.7 Å². The van der Waals surface area contributed by atoms with E-state index in [1.54, 1.807) is 25.1 Å². The van der Waals surface area contributed by atoms with E-state index in [9.17, 15) is 13.2 Å². The summed E-state index contributed by atoms with van der Waals surface area (Å²) in [6.45, 7) is 1.80. The van der Waals surface area contributed by atoms with Crippen LogP contribution in [0.15, 0.2) is 36.4 Å². The van der Waals surface area contributed by atoms with Gasteiger partial charge in [-0.15, -0.1) is 0 Å². The van der Waals surface area contributed by atoms with Gasteiger partial charge < -0.3 is 4.74 Å². The van der Waals surface area contributed by atoms with Crippen LogP contribution in [0.3, 0.4) is 0 Å². The summed E-state index contributed by atoms with van der Waals surface area (Å²) >= 11 is 0. The molecule has 2 rings (SSSR count). The third kappa shape index (κ3) is 2.72. The molecule has 0 spiro atoms. The number of halogens is 3.